The lowest BCUT2D eigenvalue weighted by molar-refractivity contribution is 0.0598. The first-order valence-electron chi connectivity index (χ1n) is 5.61. The zero-order valence-corrected chi connectivity index (χ0v) is 11.7. The van der Waals surface area contributed by atoms with E-state index < -0.39 is 22.6 Å². The van der Waals surface area contributed by atoms with Gasteiger partial charge in [0.2, 0.25) is 5.16 Å². The molecular formula is C12H12FN3O3S. The van der Waals surface area contributed by atoms with Crippen LogP contribution in [0.25, 0.3) is 0 Å². The molecule has 6 nitrogen and oxygen atoms in total. The van der Waals surface area contributed by atoms with Crippen LogP contribution in [0.4, 0.5) is 4.39 Å². The van der Waals surface area contributed by atoms with Crippen LogP contribution in [0.5, 0.6) is 0 Å². The van der Waals surface area contributed by atoms with Crippen LogP contribution >= 0.6 is 0 Å². The van der Waals surface area contributed by atoms with E-state index in [1.54, 1.807) is 0 Å². The van der Waals surface area contributed by atoms with Gasteiger partial charge in [0.1, 0.15) is 12.1 Å². The Labute approximate surface area is 117 Å². The Bertz CT molecular complexity index is 672. The summed E-state index contributed by atoms with van der Waals surface area (Å²) in [6.07, 6.45) is 2.88. The first kappa shape index (κ1) is 14.3. The van der Waals surface area contributed by atoms with Gasteiger partial charge in [-0.15, -0.1) is 10.2 Å². The second-order valence-electron chi connectivity index (χ2n) is 3.99. The van der Waals surface area contributed by atoms with Crippen LogP contribution in [-0.2, 0) is 22.1 Å². The van der Waals surface area contributed by atoms with Crippen molar-refractivity contribution in [3.05, 3.63) is 41.5 Å². The number of carbonyl (C=O) groups excluding carboxylic acids is 1. The summed E-state index contributed by atoms with van der Waals surface area (Å²) < 4.78 is 30.9. The number of halogens is 1. The molecule has 0 unspecified atom stereocenters. The highest BCUT2D eigenvalue weighted by Gasteiger charge is 2.15. The third-order valence-corrected chi connectivity index (χ3v) is 3.49. The summed E-state index contributed by atoms with van der Waals surface area (Å²) in [6.45, 7) is 0.201. The molecule has 2 aromatic rings. The Morgan fingerprint density at radius 3 is 2.90 bits per heavy atom. The van der Waals surface area contributed by atoms with E-state index in [-0.39, 0.29) is 17.3 Å². The van der Waals surface area contributed by atoms with Crippen molar-refractivity contribution in [3.63, 3.8) is 0 Å². The number of benzene rings is 1. The minimum Gasteiger partial charge on any atom is -0.465 e. The number of esters is 1. The van der Waals surface area contributed by atoms with Gasteiger partial charge in [-0.3, -0.25) is 4.21 Å². The minimum absolute atomic E-state index is 0.119. The number of aromatic nitrogens is 3. The Morgan fingerprint density at radius 1 is 1.50 bits per heavy atom. The Kier molecular flexibility index (Phi) is 4.23. The molecule has 0 spiro atoms. The van der Waals surface area contributed by atoms with E-state index in [4.69, 9.17) is 0 Å². The summed E-state index contributed by atoms with van der Waals surface area (Å²) in [6, 6.07) is 3.83. The van der Waals surface area contributed by atoms with Crippen molar-refractivity contribution in [3.8, 4) is 0 Å². The predicted octanol–water partition coefficient (Wildman–Crippen LogP) is 0.990. The van der Waals surface area contributed by atoms with Crippen molar-refractivity contribution >= 4 is 16.8 Å². The quantitative estimate of drug-likeness (QED) is 0.787. The van der Waals surface area contributed by atoms with Gasteiger partial charge in [0.25, 0.3) is 0 Å². The SMILES string of the molecule is COC(=O)c1cc(F)ccc1Cn1cnnc1[S@@](C)=O. The number of nitrogens with zero attached hydrogens (tertiary/aromatic N) is 3. The maximum atomic E-state index is 13.2. The third kappa shape index (κ3) is 2.90. The molecule has 0 N–H and O–H groups in total. The van der Waals surface area contributed by atoms with E-state index >= 15 is 0 Å². The van der Waals surface area contributed by atoms with Gasteiger partial charge >= 0.3 is 5.97 Å². The van der Waals surface area contributed by atoms with Crippen LogP contribution in [0, 0.1) is 5.82 Å². The lowest BCUT2D eigenvalue weighted by Crippen LogP contribution is -2.11. The molecule has 106 valence electrons. The standard InChI is InChI=1S/C12H12FN3O3S/c1-19-11(17)10-5-9(13)4-3-8(10)6-16-7-14-15-12(16)20(2)18/h3-5,7H,6H2,1-2H3/t20-/m1/s1. The zero-order valence-electron chi connectivity index (χ0n) is 10.9. The molecule has 0 aliphatic heterocycles. The van der Waals surface area contributed by atoms with E-state index in [9.17, 15) is 13.4 Å². The van der Waals surface area contributed by atoms with Gasteiger partial charge in [-0.05, 0) is 17.7 Å². The largest absolute Gasteiger partial charge is 0.465 e. The van der Waals surface area contributed by atoms with Crippen LogP contribution in [-0.4, -0.2) is 38.3 Å². The monoisotopic (exact) mass is 297 g/mol. The number of methoxy groups -OCH3 is 1. The van der Waals surface area contributed by atoms with Gasteiger partial charge < -0.3 is 9.30 Å². The second kappa shape index (κ2) is 5.91. The average Bonchev–Trinajstić information content (AvgIpc) is 2.88. The molecule has 1 aromatic carbocycles. The van der Waals surface area contributed by atoms with Gasteiger partial charge in [0, 0.05) is 6.26 Å². The summed E-state index contributed by atoms with van der Waals surface area (Å²) in [5.41, 5.74) is 0.652. The molecule has 0 fully saturated rings. The molecule has 0 aliphatic rings. The van der Waals surface area contributed by atoms with Crippen LogP contribution in [0.15, 0.2) is 29.7 Å². The van der Waals surface area contributed by atoms with E-state index in [2.05, 4.69) is 14.9 Å². The topological polar surface area (TPSA) is 74.1 Å². The minimum atomic E-state index is -1.31. The summed E-state index contributed by atoms with van der Waals surface area (Å²) in [5, 5.41) is 7.71. The summed E-state index contributed by atoms with van der Waals surface area (Å²) in [4.78, 5) is 11.6. The maximum Gasteiger partial charge on any atom is 0.338 e. The number of hydrogen-bond donors (Lipinski definition) is 0. The van der Waals surface area contributed by atoms with E-state index in [0.29, 0.717) is 5.56 Å². The van der Waals surface area contributed by atoms with Gasteiger partial charge in [-0.25, -0.2) is 9.18 Å². The van der Waals surface area contributed by atoms with Crippen molar-refractivity contribution in [2.24, 2.45) is 0 Å². The fourth-order valence-electron chi connectivity index (χ4n) is 1.75. The lowest BCUT2D eigenvalue weighted by Gasteiger charge is -2.09. The van der Waals surface area contributed by atoms with Crippen molar-refractivity contribution in [2.75, 3.05) is 13.4 Å². The fraction of sp³-hybridized carbons (Fsp3) is 0.250. The number of hydrogen-bond acceptors (Lipinski definition) is 5. The highest BCUT2D eigenvalue weighted by atomic mass is 32.2. The van der Waals surface area contributed by atoms with Gasteiger partial charge in [0.15, 0.2) is 0 Å². The third-order valence-electron chi connectivity index (χ3n) is 2.66. The van der Waals surface area contributed by atoms with Gasteiger partial charge in [-0.2, -0.15) is 0 Å². The maximum absolute atomic E-state index is 13.2. The smallest absolute Gasteiger partial charge is 0.338 e. The summed E-state index contributed by atoms with van der Waals surface area (Å²) in [5.74, 6) is -1.16. The Hall–Kier alpha value is -2.09. The Balaban J connectivity index is 2.40. The highest BCUT2D eigenvalue weighted by Crippen LogP contribution is 2.15. The van der Waals surface area contributed by atoms with E-state index in [1.165, 1.54) is 36.4 Å². The van der Waals surface area contributed by atoms with Gasteiger partial charge in [-0.1, -0.05) is 6.07 Å². The molecular weight excluding hydrogens is 285 g/mol. The number of rotatable bonds is 4. The molecule has 0 bridgehead atoms. The lowest BCUT2D eigenvalue weighted by atomic mass is 10.1. The average molecular weight is 297 g/mol. The van der Waals surface area contributed by atoms with Crippen LogP contribution in [0.1, 0.15) is 15.9 Å². The molecule has 2 rings (SSSR count). The van der Waals surface area contributed by atoms with E-state index in [0.717, 1.165) is 6.07 Å². The fourth-order valence-corrected chi connectivity index (χ4v) is 2.35. The predicted molar refractivity (Wildman–Crippen MR) is 69.2 cm³/mol. The first-order chi connectivity index (χ1) is 9.52. The van der Waals surface area contributed by atoms with Crippen molar-refractivity contribution < 1.29 is 18.1 Å². The van der Waals surface area contributed by atoms with Crippen molar-refractivity contribution in [2.45, 2.75) is 11.7 Å². The van der Waals surface area contributed by atoms with Gasteiger partial charge in [0.05, 0.1) is 30.0 Å². The van der Waals surface area contributed by atoms with Crippen molar-refractivity contribution in [1.29, 1.82) is 0 Å². The Morgan fingerprint density at radius 2 is 2.25 bits per heavy atom. The number of carbonyl (C=O) groups is 1. The molecule has 8 heteroatoms. The van der Waals surface area contributed by atoms with Crippen LogP contribution in [0.3, 0.4) is 0 Å². The zero-order chi connectivity index (χ0) is 14.7. The highest BCUT2D eigenvalue weighted by molar-refractivity contribution is 7.84. The van der Waals surface area contributed by atoms with Crippen LogP contribution < -0.4 is 0 Å². The molecule has 1 atom stereocenters. The normalized spacial score (nSPS) is 12.2. The molecule has 1 aromatic heterocycles. The molecule has 20 heavy (non-hydrogen) atoms. The van der Waals surface area contributed by atoms with Crippen molar-refractivity contribution in [1.82, 2.24) is 14.8 Å². The first-order valence-corrected chi connectivity index (χ1v) is 7.16. The molecule has 0 saturated carbocycles. The molecule has 0 amide bonds. The van der Waals surface area contributed by atoms with E-state index in [1.807, 2.05) is 0 Å². The molecule has 0 aliphatic carbocycles. The van der Waals surface area contributed by atoms with Crippen LogP contribution in [0.2, 0.25) is 0 Å². The summed E-state index contributed by atoms with van der Waals surface area (Å²) >= 11 is 0. The summed E-state index contributed by atoms with van der Waals surface area (Å²) in [7, 11) is -0.0829. The molecule has 0 radical (unpaired) electrons. The number of ether oxygens (including phenoxy) is 1. The second-order valence-corrected chi connectivity index (χ2v) is 5.26. The molecule has 0 saturated heterocycles. The molecule has 1 heterocycles.